The molecule has 0 saturated heterocycles. The Balaban J connectivity index is 1.38. The lowest BCUT2D eigenvalue weighted by molar-refractivity contribution is -0.118. The zero-order valence-corrected chi connectivity index (χ0v) is 18.1. The maximum atomic E-state index is 13.0. The van der Waals surface area contributed by atoms with E-state index in [9.17, 15) is 9.59 Å². The molecule has 2 amide bonds. The first-order valence-corrected chi connectivity index (χ1v) is 11.2. The van der Waals surface area contributed by atoms with E-state index in [1.54, 1.807) is 12.1 Å². The molecule has 0 aliphatic heterocycles. The smallest absolute Gasteiger partial charge is 0.287 e. The van der Waals surface area contributed by atoms with Gasteiger partial charge in [-0.1, -0.05) is 43.2 Å². The van der Waals surface area contributed by atoms with Crippen LogP contribution in [0.3, 0.4) is 0 Å². The number of carbonyl (C=O) groups excluding carboxylic acids is 2. The number of nitrogens with one attached hydrogen (secondary N) is 3. The van der Waals surface area contributed by atoms with Gasteiger partial charge in [0.05, 0.1) is 6.26 Å². The Morgan fingerprint density at radius 1 is 0.906 bits per heavy atom. The van der Waals surface area contributed by atoms with Crippen LogP contribution in [-0.2, 0) is 11.2 Å². The predicted octanol–water partition coefficient (Wildman–Crippen LogP) is 4.86. The lowest BCUT2D eigenvalue weighted by atomic mass is 10.0. The second-order valence-corrected chi connectivity index (χ2v) is 8.29. The van der Waals surface area contributed by atoms with Crippen molar-refractivity contribution in [2.75, 3.05) is 17.2 Å². The summed E-state index contributed by atoms with van der Waals surface area (Å²) < 4.78 is 5.17. The Morgan fingerprint density at radius 2 is 1.62 bits per heavy atom. The van der Waals surface area contributed by atoms with Gasteiger partial charge in [0.2, 0.25) is 5.91 Å². The van der Waals surface area contributed by atoms with Crippen LogP contribution < -0.4 is 16.0 Å². The van der Waals surface area contributed by atoms with E-state index >= 15 is 0 Å². The largest absolute Gasteiger partial charge is 0.459 e. The SMILES string of the molecule is O=C(NC(Cc1ccccc1)C(=O)Nc1ccc(NCC2CCCC2)cc1)c1ccco1. The van der Waals surface area contributed by atoms with Gasteiger partial charge in [-0.25, -0.2) is 0 Å². The molecule has 1 unspecified atom stereocenters. The highest BCUT2D eigenvalue weighted by Crippen LogP contribution is 2.25. The monoisotopic (exact) mass is 431 g/mol. The summed E-state index contributed by atoms with van der Waals surface area (Å²) in [4.78, 5) is 25.5. The number of benzene rings is 2. The molecule has 1 aliphatic carbocycles. The summed E-state index contributed by atoms with van der Waals surface area (Å²) in [7, 11) is 0. The Labute approximate surface area is 188 Å². The summed E-state index contributed by atoms with van der Waals surface area (Å²) in [6.07, 6.45) is 7.07. The van der Waals surface area contributed by atoms with Crippen molar-refractivity contribution in [3.63, 3.8) is 0 Å². The zero-order chi connectivity index (χ0) is 22.2. The van der Waals surface area contributed by atoms with Crippen LogP contribution in [0.1, 0.15) is 41.8 Å². The molecule has 6 heteroatoms. The Kier molecular flexibility index (Phi) is 7.23. The van der Waals surface area contributed by atoms with Crippen LogP contribution in [0.4, 0.5) is 11.4 Å². The maximum absolute atomic E-state index is 13.0. The third-order valence-corrected chi connectivity index (χ3v) is 5.87. The number of furan rings is 1. The normalized spacial score (nSPS) is 14.6. The molecule has 3 N–H and O–H groups in total. The average Bonchev–Trinajstić information content (AvgIpc) is 3.53. The van der Waals surface area contributed by atoms with Gasteiger partial charge in [0.25, 0.3) is 5.91 Å². The van der Waals surface area contributed by atoms with E-state index in [1.807, 2.05) is 54.6 Å². The van der Waals surface area contributed by atoms with Crippen molar-refractivity contribution in [3.05, 3.63) is 84.3 Å². The van der Waals surface area contributed by atoms with Gasteiger partial charge in [-0.15, -0.1) is 0 Å². The highest BCUT2D eigenvalue weighted by atomic mass is 16.3. The van der Waals surface area contributed by atoms with Crippen LogP contribution >= 0.6 is 0 Å². The molecule has 2 aromatic carbocycles. The molecule has 1 heterocycles. The van der Waals surface area contributed by atoms with Crippen molar-refractivity contribution in [1.29, 1.82) is 0 Å². The summed E-state index contributed by atoms with van der Waals surface area (Å²) in [6, 6.07) is 19.8. The van der Waals surface area contributed by atoms with Gasteiger partial charge in [0.15, 0.2) is 5.76 Å². The van der Waals surface area contributed by atoms with Gasteiger partial charge in [-0.3, -0.25) is 9.59 Å². The first-order valence-electron chi connectivity index (χ1n) is 11.2. The molecule has 3 aromatic rings. The lowest BCUT2D eigenvalue weighted by Gasteiger charge is -2.18. The Hall–Kier alpha value is -3.54. The summed E-state index contributed by atoms with van der Waals surface area (Å²) in [5.41, 5.74) is 2.69. The van der Waals surface area contributed by atoms with Gasteiger partial charge in [0.1, 0.15) is 6.04 Å². The molecule has 32 heavy (non-hydrogen) atoms. The fourth-order valence-corrected chi connectivity index (χ4v) is 4.07. The molecule has 1 aliphatic rings. The van der Waals surface area contributed by atoms with Crippen molar-refractivity contribution in [1.82, 2.24) is 5.32 Å². The summed E-state index contributed by atoms with van der Waals surface area (Å²) in [5, 5.41) is 9.20. The highest BCUT2D eigenvalue weighted by Gasteiger charge is 2.23. The fraction of sp³-hybridized carbons (Fsp3) is 0.308. The standard InChI is InChI=1S/C26H29N3O3/c30-25(28-22-14-12-21(13-15-22)27-18-20-9-4-5-10-20)23(17-19-7-2-1-3-8-19)29-26(31)24-11-6-16-32-24/h1-3,6-8,11-16,20,23,27H,4-5,9-10,17-18H2,(H,28,30)(H,29,31). The van der Waals surface area contributed by atoms with E-state index < -0.39 is 11.9 Å². The van der Waals surface area contributed by atoms with Gasteiger partial charge in [-0.2, -0.15) is 0 Å². The third kappa shape index (κ3) is 6.00. The number of hydrogen-bond acceptors (Lipinski definition) is 4. The van der Waals surface area contributed by atoms with Gasteiger partial charge in [-0.05, 0) is 60.7 Å². The van der Waals surface area contributed by atoms with E-state index in [4.69, 9.17) is 4.42 Å². The summed E-state index contributed by atoms with van der Waals surface area (Å²) in [6.45, 7) is 0.990. The average molecular weight is 432 g/mol. The van der Waals surface area contributed by atoms with Gasteiger partial charge in [0, 0.05) is 24.3 Å². The minimum absolute atomic E-state index is 0.175. The van der Waals surface area contributed by atoms with Crippen LogP contribution in [0.25, 0.3) is 0 Å². The predicted molar refractivity (Wildman–Crippen MR) is 126 cm³/mol. The maximum Gasteiger partial charge on any atom is 0.287 e. The van der Waals surface area contributed by atoms with Crippen molar-refractivity contribution >= 4 is 23.2 Å². The van der Waals surface area contributed by atoms with Crippen molar-refractivity contribution < 1.29 is 14.0 Å². The minimum Gasteiger partial charge on any atom is -0.459 e. The molecule has 4 rings (SSSR count). The molecule has 1 saturated carbocycles. The summed E-state index contributed by atoms with van der Waals surface area (Å²) in [5.74, 6) is 0.234. The van der Waals surface area contributed by atoms with E-state index in [1.165, 1.54) is 31.9 Å². The van der Waals surface area contributed by atoms with E-state index in [-0.39, 0.29) is 11.7 Å². The van der Waals surface area contributed by atoms with Crippen molar-refractivity contribution in [2.45, 2.75) is 38.1 Å². The topological polar surface area (TPSA) is 83.4 Å². The number of anilines is 2. The van der Waals surface area contributed by atoms with E-state index in [0.717, 1.165) is 23.7 Å². The minimum atomic E-state index is -0.741. The number of amides is 2. The molecule has 1 aromatic heterocycles. The molecule has 6 nitrogen and oxygen atoms in total. The number of hydrogen-bond donors (Lipinski definition) is 3. The Bertz CT molecular complexity index is 995. The lowest BCUT2D eigenvalue weighted by Crippen LogP contribution is -2.45. The molecular weight excluding hydrogens is 402 g/mol. The molecule has 1 atom stereocenters. The quantitative estimate of drug-likeness (QED) is 0.452. The molecular formula is C26H29N3O3. The van der Waals surface area contributed by atoms with Crippen LogP contribution in [0, 0.1) is 5.92 Å². The number of carbonyl (C=O) groups is 2. The first kappa shape index (κ1) is 21.7. The number of rotatable bonds is 9. The highest BCUT2D eigenvalue weighted by molar-refractivity contribution is 6.00. The zero-order valence-electron chi connectivity index (χ0n) is 18.1. The molecule has 0 radical (unpaired) electrons. The molecule has 0 spiro atoms. The van der Waals surface area contributed by atoms with Crippen LogP contribution in [-0.4, -0.2) is 24.4 Å². The Morgan fingerprint density at radius 3 is 2.31 bits per heavy atom. The fourth-order valence-electron chi connectivity index (χ4n) is 4.07. The molecule has 1 fully saturated rings. The summed E-state index contributed by atoms with van der Waals surface area (Å²) >= 11 is 0. The van der Waals surface area contributed by atoms with E-state index in [2.05, 4.69) is 16.0 Å². The van der Waals surface area contributed by atoms with Crippen LogP contribution in [0.5, 0.6) is 0 Å². The third-order valence-electron chi connectivity index (χ3n) is 5.87. The second kappa shape index (κ2) is 10.7. The van der Waals surface area contributed by atoms with Crippen LogP contribution in [0.2, 0.25) is 0 Å². The van der Waals surface area contributed by atoms with Crippen molar-refractivity contribution in [3.8, 4) is 0 Å². The van der Waals surface area contributed by atoms with Gasteiger partial charge < -0.3 is 20.4 Å². The second-order valence-electron chi connectivity index (χ2n) is 8.29. The van der Waals surface area contributed by atoms with Crippen LogP contribution in [0.15, 0.2) is 77.4 Å². The van der Waals surface area contributed by atoms with Gasteiger partial charge >= 0.3 is 0 Å². The van der Waals surface area contributed by atoms with Crippen molar-refractivity contribution in [2.24, 2.45) is 5.92 Å². The van der Waals surface area contributed by atoms with E-state index in [0.29, 0.717) is 12.1 Å². The first-order chi connectivity index (χ1) is 15.7. The molecule has 0 bridgehead atoms. The molecule has 166 valence electrons.